The quantitative estimate of drug-likeness (QED) is 0.286. The summed E-state index contributed by atoms with van der Waals surface area (Å²) in [6, 6.07) is 0. The monoisotopic (exact) mass is 272 g/mol. The highest BCUT2D eigenvalue weighted by molar-refractivity contribution is 7.95. The van der Waals surface area contributed by atoms with Crippen molar-refractivity contribution in [2.45, 2.75) is 18.6 Å². The van der Waals surface area contributed by atoms with Gasteiger partial charge in [-0.2, -0.15) is 0 Å². The minimum atomic E-state index is -1.10. The van der Waals surface area contributed by atoms with E-state index in [4.69, 9.17) is 5.26 Å². The fourth-order valence-electron chi connectivity index (χ4n) is 0.825. The summed E-state index contributed by atoms with van der Waals surface area (Å²) in [5, 5.41) is 10.1. The first-order chi connectivity index (χ1) is 8.15. The second-order valence-corrected chi connectivity index (χ2v) is 3.49. The minimum Gasteiger partial charge on any atom is -0.466 e. The van der Waals surface area contributed by atoms with E-state index in [-0.39, 0.29) is 13.0 Å². The topological polar surface area (TPSA) is 91.3 Å². The number of hydrogen-bond acceptors (Lipinski definition) is 8. The highest BCUT2D eigenvalue weighted by atomic mass is 32.2. The van der Waals surface area contributed by atoms with Crippen molar-refractivity contribution >= 4 is 24.0 Å². The molecule has 17 heavy (non-hydrogen) atoms. The lowest BCUT2D eigenvalue weighted by atomic mass is 10.3. The maximum absolute atomic E-state index is 11.8. The van der Waals surface area contributed by atoms with Crippen molar-refractivity contribution in [3.63, 3.8) is 0 Å². The Morgan fingerprint density at radius 2 is 2.12 bits per heavy atom. The van der Waals surface area contributed by atoms with Gasteiger partial charge in [-0.15, -0.1) is 4.33 Å². The third-order valence-corrected chi connectivity index (χ3v) is 2.16. The Hall–Kier alpha value is -0.900. The molecule has 0 aliphatic carbocycles. The molecule has 0 saturated heterocycles. The summed E-state index contributed by atoms with van der Waals surface area (Å²) in [5.74, 6) is -1.51. The lowest BCUT2D eigenvalue weighted by molar-refractivity contribution is -0.432. The number of esters is 2. The highest BCUT2D eigenvalue weighted by Gasteiger charge is 2.26. The van der Waals surface area contributed by atoms with Crippen LogP contribution in [0.4, 0.5) is 4.39 Å². The summed E-state index contributed by atoms with van der Waals surface area (Å²) in [5.41, 5.74) is 0. The van der Waals surface area contributed by atoms with Crippen molar-refractivity contribution in [2.75, 3.05) is 19.9 Å². The van der Waals surface area contributed by atoms with E-state index in [0.717, 1.165) is 0 Å². The normalized spacial score (nSPS) is 11.9. The van der Waals surface area contributed by atoms with Gasteiger partial charge in [-0.3, -0.25) is 9.59 Å². The molecule has 0 radical (unpaired) electrons. The molecule has 0 spiro atoms. The van der Waals surface area contributed by atoms with Gasteiger partial charge >= 0.3 is 11.9 Å². The standard InChI is InChI=1S/C8H13FO7S/c1-2-13-7(10)5-6(17-16-15-12)8(11)14-4-3-9/h6,12H,2-5H2,1H3. The summed E-state index contributed by atoms with van der Waals surface area (Å²) in [6.45, 7) is 0.514. The van der Waals surface area contributed by atoms with Crippen LogP contribution in [0.15, 0.2) is 0 Å². The van der Waals surface area contributed by atoms with E-state index < -0.39 is 30.5 Å². The van der Waals surface area contributed by atoms with Gasteiger partial charge in [0, 0.05) is 0 Å². The number of alkyl halides is 1. The zero-order valence-electron chi connectivity index (χ0n) is 9.09. The molecule has 0 fully saturated rings. The number of rotatable bonds is 9. The van der Waals surface area contributed by atoms with Crippen LogP contribution in [0.2, 0.25) is 0 Å². The van der Waals surface area contributed by atoms with Crippen molar-refractivity contribution in [1.82, 2.24) is 0 Å². The summed E-state index contributed by atoms with van der Waals surface area (Å²) in [6.07, 6.45) is -0.340. The SMILES string of the molecule is CCOC(=O)CC(SOOO)C(=O)OCCF. The van der Waals surface area contributed by atoms with Crippen molar-refractivity contribution in [2.24, 2.45) is 0 Å². The maximum Gasteiger partial charge on any atom is 0.322 e. The van der Waals surface area contributed by atoms with Crippen LogP contribution in [0.5, 0.6) is 0 Å². The number of carbonyl (C=O) groups is 2. The van der Waals surface area contributed by atoms with E-state index in [1.54, 1.807) is 6.92 Å². The average molecular weight is 272 g/mol. The van der Waals surface area contributed by atoms with Gasteiger partial charge in [0.25, 0.3) is 0 Å². The molecule has 100 valence electrons. The van der Waals surface area contributed by atoms with Crippen LogP contribution in [-0.2, 0) is 28.4 Å². The van der Waals surface area contributed by atoms with Crippen molar-refractivity contribution in [1.29, 1.82) is 0 Å². The van der Waals surface area contributed by atoms with Crippen molar-refractivity contribution < 1.29 is 38.1 Å². The van der Waals surface area contributed by atoms with Gasteiger partial charge in [-0.25, -0.2) is 9.65 Å². The van der Waals surface area contributed by atoms with Gasteiger partial charge < -0.3 is 9.47 Å². The molecule has 0 bridgehead atoms. The third-order valence-electron chi connectivity index (χ3n) is 1.43. The zero-order valence-corrected chi connectivity index (χ0v) is 9.91. The minimum absolute atomic E-state index is 0.160. The van der Waals surface area contributed by atoms with Crippen LogP contribution >= 0.6 is 12.0 Å². The molecule has 0 aromatic heterocycles. The Bertz CT molecular complexity index is 238. The molecule has 0 rings (SSSR count). The van der Waals surface area contributed by atoms with Gasteiger partial charge in [0.1, 0.15) is 18.5 Å². The number of halogens is 1. The van der Waals surface area contributed by atoms with Gasteiger partial charge in [-0.05, 0) is 6.92 Å². The first kappa shape index (κ1) is 16.1. The molecular weight excluding hydrogens is 259 g/mol. The molecule has 0 aromatic carbocycles. The first-order valence-electron chi connectivity index (χ1n) is 4.67. The fourth-order valence-corrected chi connectivity index (χ4v) is 1.31. The molecule has 0 heterocycles. The van der Waals surface area contributed by atoms with Crippen LogP contribution in [0.3, 0.4) is 0 Å². The number of carbonyl (C=O) groups excluding carboxylic acids is 2. The fraction of sp³-hybridized carbons (Fsp3) is 0.750. The largest absolute Gasteiger partial charge is 0.466 e. The second kappa shape index (κ2) is 10.3. The van der Waals surface area contributed by atoms with Crippen LogP contribution in [0.1, 0.15) is 13.3 Å². The third kappa shape index (κ3) is 7.91. The number of hydrogen-bond donors (Lipinski definition) is 1. The molecule has 0 aromatic rings. The molecule has 0 saturated carbocycles. The Balaban J connectivity index is 4.20. The Morgan fingerprint density at radius 1 is 1.41 bits per heavy atom. The molecule has 7 nitrogen and oxygen atoms in total. The molecule has 1 atom stereocenters. The zero-order chi connectivity index (χ0) is 13.1. The Morgan fingerprint density at radius 3 is 2.65 bits per heavy atom. The van der Waals surface area contributed by atoms with Gasteiger partial charge in [0.2, 0.25) is 0 Å². The van der Waals surface area contributed by atoms with Gasteiger partial charge in [0.05, 0.1) is 25.1 Å². The molecular formula is C8H13FO7S. The Labute approximate surface area is 101 Å². The summed E-state index contributed by atoms with van der Waals surface area (Å²) >= 11 is 0.364. The van der Waals surface area contributed by atoms with E-state index in [1.807, 2.05) is 0 Å². The lowest BCUT2D eigenvalue weighted by Crippen LogP contribution is -2.25. The molecule has 1 N–H and O–H groups in total. The summed E-state index contributed by atoms with van der Waals surface area (Å²) in [4.78, 5) is 22.4. The van der Waals surface area contributed by atoms with Crippen LogP contribution < -0.4 is 0 Å². The molecule has 1 unspecified atom stereocenters. The van der Waals surface area contributed by atoms with E-state index in [9.17, 15) is 14.0 Å². The molecule has 0 aliphatic rings. The average Bonchev–Trinajstić information content (AvgIpc) is 2.31. The van der Waals surface area contributed by atoms with E-state index >= 15 is 0 Å². The van der Waals surface area contributed by atoms with Gasteiger partial charge in [0.15, 0.2) is 0 Å². The summed E-state index contributed by atoms with van der Waals surface area (Å²) in [7, 11) is 0. The predicted molar refractivity (Wildman–Crippen MR) is 54.4 cm³/mol. The smallest absolute Gasteiger partial charge is 0.322 e. The van der Waals surface area contributed by atoms with Crippen molar-refractivity contribution in [3.8, 4) is 0 Å². The summed E-state index contributed by atoms with van der Waals surface area (Å²) < 4.78 is 24.9. The molecule has 9 heteroatoms. The lowest BCUT2D eigenvalue weighted by Gasteiger charge is -2.12. The van der Waals surface area contributed by atoms with Crippen LogP contribution in [0, 0.1) is 0 Å². The Kier molecular flexibility index (Phi) is 9.72. The highest BCUT2D eigenvalue weighted by Crippen LogP contribution is 2.18. The first-order valence-corrected chi connectivity index (χ1v) is 5.48. The predicted octanol–water partition coefficient (Wildman–Crippen LogP) is 0.890. The van der Waals surface area contributed by atoms with Crippen LogP contribution in [0.25, 0.3) is 0 Å². The maximum atomic E-state index is 11.8. The van der Waals surface area contributed by atoms with Crippen LogP contribution in [-0.4, -0.2) is 42.3 Å². The number of ether oxygens (including phenoxy) is 2. The van der Waals surface area contributed by atoms with E-state index in [2.05, 4.69) is 18.8 Å². The second-order valence-electron chi connectivity index (χ2n) is 2.59. The van der Waals surface area contributed by atoms with Crippen molar-refractivity contribution in [3.05, 3.63) is 0 Å². The van der Waals surface area contributed by atoms with E-state index in [0.29, 0.717) is 12.0 Å². The molecule has 0 aliphatic heterocycles. The van der Waals surface area contributed by atoms with E-state index in [1.165, 1.54) is 0 Å². The van der Waals surface area contributed by atoms with Gasteiger partial charge in [-0.1, -0.05) is 5.04 Å². The molecule has 0 amide bonds.